The molecule has 8 aromatic carbocycles. The molecule has 0 amide bonds. The van der Waals surface area contributed by atoms with Crippen molar-refractivity contribution in [2.24, 2.45) is 0 Å². The highest BCUT2D eigenvalue weighted by Crippen LogP contribution is 2.39. The number of benzene rings is 8. The van der Waals surface area contributed by atoms with E-state index in [1.807, 2.05) is 231 Å². The van der Waals surface area contributed by atoms with Crippen LogP contribution in [-0.2, 0) is 108 Å². The van der Waals surface area contributed by atoms with Crippen molar-refractivity contribution in [3.05, 3.63) is 275 Å². The first kappa shape index (κ1) is 62.4. The average Bonchev–Trinajstić information content (AvgIpc) is 2.44. The Hall–Kier alpha value is -7.16. The van der Waals surface area contributed by atoms with Gasteiger partial charge < -0.3 is 71.1 Å². The number of hydrogen-bond donors (Lipinski definition) is 0. The molecule has 3 heterocycles. The molecule has 0 saturated carbocycles. The van der Waals surface area contributed by atoms with Gasteiger partial charge in [0.05, 0.1) is 86.9 Å². The molecule has 460 valence electrons. The van der Waals surface area contributed by atoms with E-state index in [1.165, 1.54) is 0 Å². The zero-order valence-electron chi connectivity index (χ0n) is 49.8. The van der Waals surface area contributed by atoms with Crippen molar-refractivity contribution >= 4 is 0 Å². The number of methoxy groups -OCH3 is 2. The summed E-state index contributed by atoms with van der Waals surface area (Å²) in [6.07, 6.45) is -9.44. The SMILES string of the molecule is COc1ccc(COC[C@@H](CO[C@@H]2O[C@H](CO[C@@H]3O[C@@H]4CO[C@H](c5ccccc5)O[C@@H]4[C@H](OCc4ccccc4)[C@H]3OCc3ccccc3)[C@H](OCc3ccccc3)[C@H](OCc3ccccc3)[C@H]2OCc2ccccc2)OCc2ccc(OC)cc2)cc1. The molecule has 0 unspecified atom stereocenters. The maximum atomic E-state index is 7.29. The fourth-order valence-corrected chi connectivity index (χ4v) is 10.9. The van der Waals surface area contributed by atoms with Crippen molar-refractivity contribution in [3.63, 3.8) is 0 Å². The summed E-state index contributed by atoms with van der Waals surface area (Å²) in [4.78, 5) is 0. The normalized spacial score (nSPS) is 23.8. The summed E-state index contributed by atoms with van der Waals surface area (Å²) < 4.78 is 101. The molecule has 15 heteroatoms. The van der Waals surface area contributed by atoms with E-state index in [2.05, 4.69) is 0 Å². The Morgan fingerprint density at radius 3 is 1.26 bits per heavy atom. The number of fused-ring (bicyclic) bond motifs is 1. The Kier molecular flexibility index (Phi) is 23.3. The molecule has 88 heavy (non-hydrogen) atoms. The molecular weight excluding hydrogens is 1120 g/mol. The van der Waals surface area contributed by atoms with Crippen molar-refractivity contribution in [2.45, 2.75) is 120 Å². The van der Waals surface area contributed by atoms with Gasteiger partial charge in [0.15, 0.2) is 18.9 Å². The Balaban J connectivity index is 0.925. The van der Waals surface area contributed by atoms with Crippen LogP contribution in [0, 0.1) is 0 Å². The van der Waals surface area contributed by atoms with E-state index < -0.39 is 73.8 Å². The van der Waals surface area contributed by atoms with Crippen LogP contribution in [0.4, 0.5) is 0 Å². The van der Waals surface area contributed by atoms with E-state index >= 15 is 0 Å². The fraction of sp³-hybridized carbons (Fsp3) is 0.342. The Morgan fingerprint density at radius 1 is 0.364 bits per heavy atom. The second-order valence-corrected chi connectivity index (χ2v) is 21.9. The molecule has 3 aliphatic rings. The highest BCUT2D eigenvalue weighted by Gasteiger charge is 2.54. The highest BCUT2D eigenvalue weighted by atomic mass is 16.8. The Bertz CT molecular complexity index is 3210. The highest BCUT2D eigenvalue weighted by molar-refractivity contribution is 5.28. The standard InChI is InChI=1S/C73H78O15/c1-74-60-37-33-57(34-38-60)41-76-48-62(77-42-58-35-39-61(75-2)40-36-58)49-83-72-69(81-46-55-27-15-6-16-28-55)67(79-44-53-23-11-4-12-24-53)65(78-43-52-21-9-3-10-22-52)63(86-72)50-85-73-70(82-47-56-29-17-7-18-30-56)68(80-45-54-25-13-5-14-26-54)66-64(87-73)51-84-71(88-66)59-31-19-8-20-32-59/h3-40,62-73H,41-51H2,1-2H3/t62-,63+,64+,65-,66-,67-,68-,69+,70+,71-,72+,73+/m0/s1. The van der Waals surface area contributed by atoms with E-state index in [0.717, 1.165) is 56.0 Å². The largest absolute Gasteiger partial charge is 0.497 e. The minimum atomic E-state index is -1.07. The zero-order chi connectivity index (χ0) is 60.0. The van der Waals surface area contributed by atoms with E-state index in [9.17, 15) is 0 Å². The lowest BCUT2D eigenvalue weighted by Gasteiger charge is -2.50. The van der Waals surface area contributed by atoms with E-state index in [-0.39, 0.29) is 66.1 Å². The van der Waals surface area contributed by atoms with E-state index in [0.29, 0.717) is 6.61 Å². The average molecular weight is 1200 g/mol. The quantitative estimate of drug-likeness (QED) is 0.0407. The lowest BCUT2D eigenvalue weighted by atomic mass is 9.96. The summed E-state index contributed by atoms with van der Waals surface area (Å²) in [5.74, 6) is 1.51. The van der Waals surface area contributed by atoms with Crippen LogP contribution in [-0.4, -0.2) is 108 Å². The molecule has 8 aromatic rings. The van der Waals surface area contributed by atoms with Gasteiger partial charge in [0.1, 0.15) is 66.4 Å². The zero-order valence-corrected chi connectivity index (χ0v) is 49.8. The number of hydrogen-bond acceptors (Lipinski definition) is 15. The molecule has 3 fully saturated rings. The predicted octanol–water partition coefficient (Wildman–Crippen LogP) is 12.3. The molecule has 3 saturated heterocycles. The number of rotatable bonds is 31. The molecular formula is C73H78O15. The number of ether oxygens (including phenoxy) is 15. The van der Waals surface area contributed by atoms with Crippen LogP contribution in [0.3, 0.4) is 0 Å². The minimum Gasteiger partial charge on any atom is -0.497 e. The van der Waals surface area contributed by atoms with Crippen LogP contribution in [0.1, 0.15) is 50.8 Å². The molecule has 15 nitrogen and oxygen atoms in total. The van der Waals surface area contributed by atoms with Gasteiger partial charge in [-0.15, -0.1) is 0 Å². The molecule has 0 aliphatic carbocycles. The lowest BCUT2D eigenvalue weighted by molar-refractivity contribution is -0.380. The van der Waals surface area contributed by atoms with Crippen molar-refractivity contribution in [2.75, 3.05) is 40.6 Å². The van der Waals surface area contributed by atoms with Crippen LogP contribution in [0.5, 0.6) is 11.5 Å². The summed E-state index contributed by atoms with van der Waals surface area (Å²) >= 11 is 0. The van der Waals surface area contributed by atoms with Gasteiger partial charge in [-0.3, -0.25) is 0 Å². The maximum absolute atomic E-state index is 7.29. The first-order valence-corrected chi connectivity index (χ1v) is 30.1. The summed E-state index contributed by atoms with van der Waals surface area (Å²) in [6.45, 7) is 2.11. The van der Waals surface area contributed by atoms with E-state index in [1.54, 1.807) is 14.2 Å². The van der Waals surface area contributed by atoms with Crippen LogP contribution in [0.2, 0.25) is 0 Å². The third kappa shape index (κ3) is 17.8. The third-order valence-corrected chi connectivity index (χ3v) is 15.6. The topological polar surface area (TPSA) is 138 Å². The van der Waals surface area contributed by atoms with Crippen LogP contribution in [0.25, 0.3) is 0 Å². The Labute approximate surface area is 516 Å². The molecule has 0 radical (unpaired) electrons. The molecule has 3 aliphatic heterocycles. The van der Waals surface area contributed by atoms with Gasteiger partial charge in [0.2, 0.25) is 0 Å². The van der Waals surface area contributed by atoms with Gasteiger partial charge >= 0.3 is 0 Å². The van der Waals surface area contributed by atoms with Gasteiger partial charge in [-0.2, -0.15) is 0 Å². The van der Waals surface area contributed by atoms with Crippen LogP contribution >= 0.6 is 0 Å². The third-order valence-electron chi connectivity index (χ3n) is 15.6. The first-order chi connectivity index (χ1) is 43.5. The van der Waals surface area contributed by atoms with Crippen molar-refractivity contribution in [1.82, 2.24) is 0 Å². The van der Waals surface area contributed by atoms with Crippen molar-refractivity contribution in [1.29, 1.82) is 0 Å². The summed E-state index contributed by atoms with van der Waals surface area (Å²) in [7, 11) is 3.29. The second-order valence-electron chi connectivity index (χ2n) is 21.9. The first-order valence-electron chi connectivity index (χ1n) is 30.1. The molecule has 0 bridgehead atoms. The molecule has 0 N–H and O–H groups in total. The van der Waals surface area contributed by atoms with Crippen LogP contribution in [0.15, 0.2) is 231 Å². The monoisotopic (exact) mass is 1190 g/mol. The summed E-state index contributed by atoms with van der Waals surface area (Å²) in [5.41, 5.74) is 7.61. The molecule has 0 spiro atoms. The molecule has 12 atom stereocenters. The molecule has 0 aromatic heterocycles. The van der Waals surface area contributed by atoms with Crippen molar-refractivity contribution < 1.29 is 71.1 Å². The van der Waals surface area contributed by atoms with Gasteiger partial charge in [-0.1, -0.05) is 206 Å². The smallest absolute Gasteiger partial charge is 0.187 e. The van der Waals surface area contributed by atoms with Gasteiger partial charge in [0.25, 0.3) is 0 Å². The lowest BCUT2D eigenvalue weighted by Crippen LogP contribution is -2.65. The summed E-state index contributed by atoms with van der Waals surface area (Å²) in [5, 5.41) is 0. The summed E-state index contributed by atoms with van der Waals surface area (Å²) in [6, 6.07) is 75.5. The minimum absolute atomic E-state index is 0.0395. The van der Waals surface area contributed by atoms with Gasteiger partial charge in [0, 0.05) is 5.56 Å². The molecule has 11 rings (SSSR count). The van der Waals surface area contributed by atoms with Crippen molar-refractivity contribution in [3.8, 4) is 11.5 Å². The fourth-order valence-electron chi connectivity index (χ4n) is 10.9. The predicted molar refractivity (Wildman–Crippen MR) is 329 cm³/mol. The van der Waals surface area contributed by atoms with E-state index in [4.69, 9.17) is 71.1 Å². The van der Waals surface area contributed by atoms with Gasteiger partial charge in [-0.05, 0) is 63.2 Å². The van der Waals surface area contributed by atoms with Gasteiger partial charge in [-0.25, -0.2) is 0 Å². The van der Waals surface area contributed by atoms with Crippen LogP contribution < -0.4 is 9.47 Å². The Morgan fingerprint density at radius 2 is 0.773 bits per heavy atom. The maximum Gasteiger partial charge on any atom is 0.187 e. The second kappa shape index (κ2) is 32.9.